The van der Waals surface area contributed by atoms with Gasteiger partial charge in [0.1, 0.15) is 5.60 Å². The average Bonchev–Trinajstić information content (AvgIpc) is 2.02. The number of nitrogens with one attached hydrogen (secondary N) is 1. The maximum absolute atomic E-state index is 11.5. The molecule has 1 unspecified atom stereocenters. The van der Waals surface area contributed by atoms with Crippen LogP contribution in [0, 0.1) is 0 Å². The number of hydrogen-bond acceptors (Lipinski definition) is 2. The van der Waals surface area contributed by atoms with Gasteiger partial charge in [-0.3, -0.25) is 4.79 Å². The highest BCUT2D eigenvalue weighted by molar-refractivity contribution is 5.84. The summed E-state index contributed by atoms with van der Waals surface area (Å²) in [6.45, 7) is 7.60. The number of ether oxygens (including phenoxy) is 1. The fraction of sp³-hybridized carbons (Fsp3) is 0.889. The molecule has 3 heteroatoms. The van der Waals surface area contributed by atoms with Crippen molar-refractivity contribution in [3.8, 4) is 0 Å². The van der Waals surface area contributed by atoms with Crippen LogP contribution in [0.2, 0.25) is 0 Å². The molecule has 0 bridgehead atoms. The van der Waals surface area contributed by atoms with Crippen LogP contribution in [-0.2, 0) is 9.53 Å². The second kappa shape index (κ2) is 4.45. The molecule has 0 aliphatic rings. The zero-order chi connectivity index (χ0) is 9.78. The topological polar surface area (TPSA) is 38.3 Å². The van der Waals surface area contributed by atoms with Crippen LogP contribution in [0.15, 0.2) is 0 Å². The van der Waals surface area contributed by atoms with E-state index in [0.29, 0.717) is 6.42 Å². The molecule has 0 saturated carbocycles. The molecule has 0 heterocycles. The van der Waals surface area contributed by atoms with Crippen LogP contribution in [0.5, 0.6) is 0 Å². The average molecular weight is 173 g/mol. The van der Waals surface area contributed by atoms with Gasteiger partial charge in [-0.1, -0.05) is 6.92 Å². The Kier molecular flexibility index (Phi) is 4.24. The van der Waals surface area contributed by atoms with Gasteiger partial charge in [-0.2, -0.15) is 0 Å². The second-order valence-corrected chi connectivity index (χ2v) is 3.42. The Morgan fingerprint density at radius 1 is 1.58 bits per heavy atom. The molecule has 12 heavy (non-hydrogen) atoms. The molecule has 3 nitrogen and oxygen atoms in total. The molecule has 1 atom stereocenters. The van der Waals surface area contributed by atoms with E-state index in [1.165, 1.54) is 0 Å². The van der Waals surface area contributed by atoms with Crippen molar-refractivity contribution in [1.82, 2.24) is 5.32 Å². The van der Waals surface area contributed by atoms with Gasteiger partial charge in [0.15, 0.2) is 0 Å². The van der Waals surface area contributed by atoms with Gasteiger partial charge >= 0.3 is 0 Å². The first-order valence-corrected chi connectivity index (χ1v) is 4.32. The Labute approximate surface area is 74.5 Å². The third-order valence-electron chi connectivity index (χ3n) is 2.03. The number of carbonyl (C=O) groups is 1. The monoisotopic (exact) mass is 173 g/mol. The van der Waals surface area contributed by atoms with Crippen LogP contribution in [0.1, 0.15) is 34.1 Å². The van der Waals surface area contributed by atoms with E-state index in [1.807, 2.05) is 20.8 Å². The lowest BCUT2D eigenvalue weighted by Crippen LogP contribution is -2.47. The summed E-state index contributed by atoms with van der Waals surface area (Å²) in [4.78, 5) is 11.5. The summed E-state index contributed by atoms with van der Waals surface area (Å²) in [5, 5.41) is 2.82. The minimum Gasteiger partial charge on any atom is -0.369 e. The summed E-state index contributed by atoms with van der Waals surface area (Å²) in [6.07, 6.45) is 0.683. The standard InChI is InChI=1S/C9H19NO2/c1-6-9(4,12-5)8(11)10-7(2)3/h7H,6H2,1-5H3,(H,10,11). The molecule has 0 aliphatic heterocycles. The molecule has 0 aromatic heterocycles. The second-order valence-electron chi connectivity index (χ2n) is 3.42. The lowest BCUT2D eigenvalue weighted by atomic mass is 10.0. The lowest BCUT2D eigenvalue weighted by Gasteiger charge is -2.26. The molecule has 0 aliphatic carbocycles. The highest BCUT2D eigenvalue weighted by Crippen LogP contribution is 2.13. The Morgan fingerprint density at radius 3 is 2.33 bits per heavy atom. The van der Waals surface area contributed by atoms with Crippen molar-refractivity contribution in [2.75, 3.05) is 7.11 Å². The zero-order valence-electron chi connectivity index (χ0n) is 8.60. The van der Waals surface area contributed by atoms with Gasteiger partial charge in [0.05, 0.1) is 0 Å². The van der Waals surface area contributed by atoms with Crippen molar-refractivity contribution in [2.45, 2.75) is 45.8 Å². The SMILES string of the molecule is CCC(C)(OC)C(=O)NC(C)C. The van der Waals surface area contributed by atoms with Crippen molar-refractivity contribution in [3.05, 3.63) is 0 Å². The Morgan fingerprint density at radius 2 is 2.08 bits per heavy atom. The molecular formula is C9H19NO2. The Hall–Kier alpha value is -0.570. The number of methoxy groups -OCH3 is 1. The number of rotatable bonds is 4. The summed E-state index contributed by atoms with van der Waals surface area (Å²) in [5.74, 6) is -0.0394. The lowest BCUT2D eigenvalue weighted by molar-refractivity contribution is -0.142. The first kappa shape index (κ1) is 11.4. The van der Waals surface area contributed by atoms with Crippen molar-refractivity contribution in [1.29, 1.82) is 0 Å². The number of amides is 1. The van der Waals surface area contributed by atoms with Crippen LogP contribution in [0.4, 0.5) is 0 Å². The van der Waals surface area contributed by atoms with E-state index in [1.54, 1.807) is 14.0 Å². The molecule has 1 amide bonds. The van der Waals surface area contributed by atoms with E-state index in [-0.39, 0.29) is 11.9 Å². The smallest absolute Gasteiger partial charge is 0.252 e. The first-order chi connectivity index (χ1) is 5.46. The normalized spacial score (nSPS) is 15.8. The first-order valence-electron chi connectivity index (χ1n) is 4.32. The summed E-state index contributed by atoms with van der Waals surface area (Å²) in [5.41, 5.74) is -0.676. The predicted molar refractivity (Wildman–Crippen MR) is 49.0 cm³/mol. The molecule has 0 aromatic carbocycles. The predicted octanol–water partition coefficient (Wildman–Crippen LogP) is 1.33. The highest BCUT2D eigenvalue weighted by Gasteiger charge is 2.30. The summed E-state index contributed by atoms with van der Waals surface area (Å²) in [6, 6.07) is 0.165. The zero-order valence-corrected chi connectivity index (χ0v) is 8.60. The maximum atomic E-state index is 11.5. The van der Waals surface area contributed by atoms with E-state index in [0.717, 1.165) is 0 Å². The van der Waals surface area contributed by atoms with Crippen LogP contribution in [0.25, 0.3) is 0 Å². The fourth-order valence-corrected chi connectivity index (χ4v) is 0.812. The third kappa shape index (κ3) is 2.81. The van der Waals surface area contributed by atoms with E-state index in [4.69, 9.17) is 4.74 Å². The number of hydrogen-bond donors (Lipinski definition) is 1. The molecule has 0 spiro atoms. The molecular weight excluding hydrogens is 154 g/mol. The van der Waals surface area contributed by atoms with Crippen molar-refractivity contribution >= 4 is 5.91 Å². The molecule has 0 radical (unpaired) electrons. The minimum absolute atomic E-state index is 0.0394. The van der Waals surface area contributed by atoms with E-state index in [9.17, 15) is 4.79 Å². The van der Waals surface area contributed by atoms with E-state index < -0.39 is 5.60 Å². The van der Waals surface area contributed by atoms with Crippen LogP contribution in [0.3, 0.4) is 0 Å². The van der Waals surface area contributed by atoms with Gasteiger partial charge in [0, 0.05) is 13.2 Å². The van der Waals surface area contributed by atoms with Gasteiger partial charge in [0.25, 0.3) is 5.91 Å². The van der Waals surface area contributed by atoms with Gasteiger partial charge in [0.2, 0.25) is 0 Å². The highest BCUT2D eigenvalue weighted by atomic mass is 16.5. The molecule has 72 valence electrons. The largest absolute Gasteiger partial charge is 0.369 e. The van der Waals surface area contributed by atoms with Gasteiger partial charge in [-0.25, -0.2) is 0 Å². The van der Waals surface area contributed by atoms with Gasteiger partial charge in [-0.05, 0) is 27.2 Å². The Bertz CT molecular complexity index is 151. The Balaban J connectivity index is 4.22. The summed E-state index contributed by atoms with van der Waals surface area (Å²) < 4.78 is 5.14. The molecule has 1 N–H and O–H groups in total. The summed E-state index contributed by atoms with van der Waals surface area (Å²) >= 11 is 0. The number of carbonyl (C=O) groups excluding carboxylic acids is 1. The van der Waals surface area contributed by atoms with Crippen LogP contribution in [-0.4, -0.2) is 24.7 Å². The fourth-order valence-electron chi connectivity index (χ4n) is 0.812. The van der Waals surface area contributed by atoms with Gasteiger partial charge < -0.3 is 10.1 Å². The summed E-state index contributed by atoms with van der Waals surface area (Å²) in [7, 11) is 1.56. The molecule has 0 aromatic rings. The minimum atomic E-state index is -0.676. The quantitative estimate of drug-likeness (QED) is 0.696. The van der Waals surface area contributed by atoms with Crippen molar-refractivity contribution in [3.63, 3.8) is 0 Å². The van der Waals surface area contributed by atoms with E-state index >= 15 is 0 Å². The molecule has 0 saturated heterocycles. The van der Waals surface area contributed by atoms with Crippen molar-refractivity contribution in [2.24, 2.45) is 0 Å². The van der Waals surface area contributed by atoms with Gasteiger partial charge in [-0.15, -0.1) is 0 Å². The maximum Gasteiger partial charge on any atom is 0.252 e. The van der Waals surface area contributed by atoms with Crippen LogP contribution >= 0.6 is 0 Å². The third-order valence-corrected chi connectivity index (χ3v) is 2.03. The van der Waals surface area contributed by atoms with E-state index in [2.05, 4.69) is 5.32 Å². The van der Waals surface area contributed by atoms with Crippen molar-refractivity contribution < 1.29 is 9.53 Å². The molecule has 0 rings (SSSR count). The molecule has 0 fully saturated rings. The van der Waals surface area contributed by atoms with Crippen LogP contribution < -0.4 is 5.32 Å².